The van der Waals surface area contributed by atoms with E-state index in [1.807, 2.05) is 61.5 Å². The lowest BCUT2D eigenvalue weighted by Crippen LogP contribution is -2.39. The SMILES string of the molecule is Cc1nn(-c2ccccc2Cl)c2sc(C(=O)Nc3cccc(CN4CCCC4C(N)=O)c3)cc12. The molecule has 34 heavy (non-hydrogen) atoms. The number of nitrogens with one attached hydrogen (secondary N) is 1. The van der Waals surface area contributed by atoms with Crippen molar-refractivity contribution in [3.8, 4) is 5.69 Å². The summed E-state index contributed by atoms with van der Waals surface area (Å²) < 4.78 is 1.79. The number of aryl methyl sites for hydroxylation is 1. The van der Waals surface area contributed by atoms with Crippen LogP contribution >= 0.6 is 22.9 Å². The summed E-state index contributed by atoms with van der Waals surface area (Å²) in [5.41, 5.74) is 8.88. The minimum absolute atomic E-state index is 0.181. The Bertz CT molecular complexity index is 1400. The number of hydrogen-bond acceptors (Lipinski definition) is 5. The summed E-state index contributed by atoms with van der Waals surface area (Å²) in [6.45, 7) is 3.38. The Morgan fingerprint density at radius 3 is 2.82 bits per heavy atom. The van der Waals surface area contributed by atoms with Crippen LogP contribution in [0.15, 0.2) is 54.6 Å². The van der Waals surface area contributed by atoms with E-state index in [-0.39, 0.29) is 17.9 Å². The smallest absolute Gasteiger partial charge is 0.265 e. The molecular weight excluding hydrogens is 470 g/mol. The van der Waals surface area contributed by atoms with Gasteiger partial charge in [-0.05, 0) is 62.2 Å². The van der Waals surface area contributed by atoms with Gasteiger partial charge < -0.3 is 11.1 Å². The Morgan fingerprint density at radius 2 is 2.03 bits per heavy atom. The molecule has 7 nitrogen and oxygen atoms in total. The summed E-state index contributed by atoms with van der Waals surface area (Å²) >= 11 is 7.76. The zero-order valence-electron chi connectivity index (χ0n) is 18.6. The van der Waals surface area contributed by atoms with Gasteiger partial charge in [0.1, 0.15) is 4.83 Å². The van der Waals surface area contributed by atoms with E-state index in [2.05, 4.69) is 15.3 Å². The number of anilines is 1. The van der Waals surface area contributed by atoms with Gasteiger partial charge in [0.15, 0.2) is 0 Å². The number of benzene rings is 2. The second-order valence-corrected chi connectivity index (χ2v) is 9.90. The number of nitrogens with zero attached hydrogens (tertiary/aromatic N) is 3. The van der Waals surface area contributed by atoms with Crippen molar-refractivity contribution < 1.29 is 9.59 Å². The Morgan fingerprint density at radius 1 is 1.21 bits per heavy atom. The maximum Gasteiger partial charge on any atom is 0.265 e. The van der Waals surface area contributed by atoms with Gasteiger partial charge in [-0.2, -0.15) is 5.10 Å². The van der Waals surface area contributed by atoms with Gasteiger partial charge >= 0.3 is 0 Å². The molecular formula is C25H24ClN5O2S. The third-order valence-corrected chi connectivity index (χ3v) is 7.54. The number of thiophene rings is 1. The first-order valence-corrected chi connectivity index (χ1v) is 12.3. The Kier molecular flexibility index (Phi) is 6.12. The predicted octanol–water partition coefficient (Wildman–Crippen LogP) is 4.75. The van der Waals surface area contributed by atoms with E-state index in [1.54, 1.807) is 4.68 Å². The lowest BCUT2D eigenvalue weighted by molar-refractivity contribution is -0.122. The van der Waals surface area contributed by atoms with E-state index in [0.717, 1.165) is 46.5 Å². The largest absolute Gasteiger partial charge is 0.368 e. The van der Waals surface area contributed by atoms with Crippen LogP contribution in [0.4, 0.5) is 5.69 Å². The average Bonchev–Trinajstić information content (AvgIpc) is 3.51. The first-order chi connectivity index (χ1) is 16.4. The van der Waals surface area contributed by atoms with Gasteiger partial charge in [0.25, 0.3) is 5.91 Å². The van der Waals surface area contributed by atoms with E-state index in [1.165, 1.54) is 11.3 Å². The fourth-order valence-electron chi connectivity index (χ4n) is 4.46. The van der Waals surface area contributed by atoms with Gasteiger partial charge in [0.2, 0.25) is 5.91 Å². The average molecular weight is 494 g/mol. The second kappa shape index (κ2) is 9.21. The molecule has 0 saturated carbocycles. The number of likely N-dealkylation sites (tertiary alicyclic amines) is 1. The topological polar surface area (TPSA) is 93.2 Å². The van der Waals surface area contributed by atoms with E-state index in [0.29, 0.717) is 22.1 Å². The maximum absolute atomic E-state index is 13.1. The molecule has 1 saturated heterocycles. The highest BCUT2D eigenvalue weighted by Gasteiger charge is 2.28. The lowest BCUT2D eigenvalue weighted by atomic mass is 10.1. The third kappa shape index (κ3) is 4.32. The molecule has 4 aromatic rings. The fourth-order valence-corrected chi connectivity index (χ4v) is 5.74. The van der Waals surface area contributed by atoms with Gasteiger partial charge in [-0.15, -0.1) is 11.3 Å². The molecule has 5 rings (SSSR count). The molecule has 0 aliphatic carbocycles. The van der Waals surface area contributed by atoms with Crippen LogP contribution in [0.25, 0.3) is 15.9 Å². The van der Waals surface area contributed by atoms with Gasteiger partial charge in [-0.1, -0.05) is 35.9 Å². The molecule has 1 unspecified atom stereocenters. The molecule has 1 aliphatic rings. The van der Waals surface area contributed by atoms with Crippen molar-refractivity contribution in [2.75, 3.05) is 11.9 Å². The number of para-hydroxylation sites is 1. The Labute approximate surface area is 206 Å². The Hall–Kier alpha value is -3.20. The highest BCUT2D eigenvalue weighted by atomic mass is 35.5. The van der Waals surface area contributed by atoms with Gasteiger partial charge in [0, 0.05) is 17.6 Å². The van der Waals surface area contributed by atoms with Gasteiger partial charge in [-0.25, -0.2) is 4.68 Å². The number of fused-ring (bicyclic) bond motifs is 1. The van der Waals surface area contributed by atoms with Crippen molar-refractivity contribution >= 4 is 50.7 Å². The normalized spacial score (nSPS) is 16.2. The maximum atomic E-state index is 13.1. The highest BCUT2D eigenvalue weighted by Crippen LogP contribution is 2.33. The number of aromatic nitrogens is 2. The number of rotatable bonds is 6. The predicted molar refractivity (Wildman–Crippen MR) is 136 cm³/mol. The fraction of sp³-hybridized carbons (Fsp3) is 0.240. The molecule has 2 amide bonds. The van der Waals surface area contributed by atoms with Crippen molar-refractivity contribution in [1.82, 2.24) is 14.7 Å². The summed E-state index contributed by atoms with van der Waals surface area (Å²) in [6.07, 6.45) is 1.75. The van der Waals surface area contributed by atoms with E-state index >= 15 is 0 Å². The molecule has 174 valence electrons. The van der Waals surface area contributed by atoms with Crippen molar-refractivity contribution in [1.29, 1.82) is 0 Å². The van der Waals surface area contributed by atoms with E-state index in [9.17, 15) is 9.59 Å². The number of nitrogens with two attached hydrogens (primary N) is 1. The first-order valence-electron chi connectivity index (χ1n) is 11.1. The number of carbonyl (C=O) groups is 2. The number of primary amides is 1. The zero-order chi connectivity index (χ0) is 23.8. The lowest BCUT2D eigenvalue weighted by Gasteiger charge is -2.22. The summed E-state index contributed by atoms with van der Waals surface area (Å²) in [5.74, 6) is -0.461. The van der Waals surface area contributed by atoms with Crippen LogP contribution in [0.5, 0.6) is 0 Å². The highest BCUT2D eigenvalue weighted by molar-refractivity contribution is 7.20. The van der Waals surface area contributed by atoms with Crippen molar-refractivity contribution in [3.05, 3.63) is 75.8 Å². The quantitative estimate of drug-likeness (QED) is 0.405. The standard InChI is InChI=1S/C25H24ClN5O2S/c1-15-18-13-22(34-25(18)31(29-15)20-9-3-2-8-19(20)26)24(33)28-17-7-4-6-16(12-17)14-30-11-5-10-21(30)23(27)32/h2-4,6-9,12-13,21H,5,10-11,14H2,1H3,(H2,27,32)(H,28,33). The number of amides is 2. The number of carbonyl (C=O) groups excluding carboxylic acids is 2. The number of hydrogen-bond donors (Lipinski definition) is 2. The van der Waals surface area contributed by atoms with Crippen LogP contribution < -0.4 is 11.1 Å². The second-order valence-electron chi connectivity index (χ2n) is 8.46. The molecule has 3 N–H and O–H groups in total. The van der Waals surface area contributed by atoms with Crippen LogP contribution in [-0.2, 0) is 11.3 Å². The summed E-state index contributed by atoms with van der Waals surface area (Å²) in [6, 6.07) is 16.9. The van der Waals surface area contributed by atoms with Gasteiger partial charge in [-0.3, -0.25) is 14.5 Å². The van der Waals surface area contributed by atoms with Crippen molar-refractivity contribution in [2.24, 2.45) is 5.73 Å². The van der Waals surface area contributed by atoms with Gasteiger partial charge in [0.05, 0.1) is 27.3 Å². The molecule has 0 radical (unpaired) electrons. The van der Waals surface area contributed by atoms with Crippen molar-refractivity contribution in [3.63, 3.8) is 0 Å². The minimum Gasteiger partial charge on any atom is -0.368 e. The van der Waals surface area contributed by atoms with E-state index in [4.69, 9.17) is 17.3 Å². The minimum atomic E-state index is -0.280. The van der Waals surface area contributed by atoms with Crippen LogP contribution in [0.1, 0.15) is 33.8 Å². The van der Waals surface area contributed by atoms with Crippen LogP contribution in [-0.4, -0.2) is 39.1 Å². The summed E-state index contributed by atoms with van der Waals surface area (Å²) in [5, 5.41) is 9.14. The molecule has 3 heterocycles. The zero-order valence-corrected chi connectivity index (χ0v) is 20.2. The summed E-state index contributed by atoms with van der Waals surface area (Å²) in [7, 11) is 0. The summed E-state index contributed by atoms with van der Waals surface area (Å²) in [4.78, 5) is 28.3. The van der Waals surface area contributed by atoms with E-state index < -0.39 is 0 Å². The third-order valence-electron chi connectivity index (χ3n) is 6.11. The molecule has 1 atom stereocenters. The molecule has 1 aliphatic heterocycles. The molecule has 0 spiro atoms. The van der Waals surface area contributed by atoms with Crippen molar-refractivity contribution in [2.45, 2.75) is 32.4 Å². The molecule has 0 bridgehead atoms. The first kappa shape index (κ1) is 22.6. The van der Waals surface area contributed by atoms with Crippen LogP contribution in [0.3, 0.4) is 0 Å². The number of halogens is 1. The molecule has 2 aromatic heterocycles. The Balaban J connectivity index is 1.36. The van der Waals surface area contributed by atoms with Crippen LogP contribution in [0, 0.1) is 6.92 Å². The molecule has 1 fully saturated rings. The molecule has 9 heteroatoms. The monoisotopic (exact) mass is 493 g/mol. The van der Waals surface area contributed by atoms with Crippen LogP contribution in [0.2, 0.25) is 5.02 Å². The molecule has 2 aromatic carbocycles.